The number of nitrogens with zero attached hydrogens (tertiary/aromatic N) is 1. The average molecular weight is 196 g/mol. The molecule has 1 atom stereocenters. The van der Waals surface area contributed by atoms with Gasteiger partial charge >= 0.3 is 0 Å². The van der Waals surface area contributed by atoms with Gasteiger partial charge in [-0.2, -0.15) is 0 Å². The Hall–Kier alpha value is -0.800. The normalized spacial score (nSPS) is 13.5. The van der Waals surface area contributed by atoms with E-state index in [1.54, 1.807) is 0 Å². The third kappa shape index (κ3) is 2.36. The molecule has 0 saturated carbocycles. The Balaban J connectivity index is 2.72. The van der Waals surface area contributed by atoms with Gasteiger partial charge in [0.05, 0.1) is 12.6 Å². The van der Waals surface area contributed by atoms with Crippen molar-refractivity contribution < 1.29 is 4.42 Å². The highest BCUT2D eigenvalue weighted by molar-refractivity contribution is 5.10. The minimum atomic E-state index is 0.338. The summed E-state index contributed by atoms with van der Waals surface area (Å²) in [5.74, 6) is 1.87. The van der Waals surface area contributed by atoms with E-state index in [0.717, 1.165) is 24.6 Å². The van der Waals surface area contributed by atoms with Gasteiger partial charge in [0.1, 0.15) is 11.5 Å². The van der Waals surface area contributed by atoms with E-state index in [0.29, 0.717) is 12.6 Å². The molecule has 80 valence electrons. The molecular weight excluding hydrogens is 176 g/mol. The molecule has 3 heteroatoms. The first-order valence-electron chi connectivity index (χ1n) is 5.25. The highest BCUT2D eigenvalue weighted by Gasteiger charge is 2.15. The lowest BCUT2D eigenvalue weighted by atomic mass is 10.2. The van der Waals surface area contributed by atoms with Crippen LogP contribution in [0.2, 0.25) is 0 Å². The number of furan rings is 1. The van der Waals surface area contributed by atoms with Crippen molar-refractivity contribution in [2.24, 2.45) is 5.73 Å². The lowest BCUT2D eigenvalue weighted by Gasteiger charge is -2.24. The van der Waals surface area contributed by atoms with Gasteiger partial charge in [-0.3, -0.25) is 4.90 Å². The maximum Gasteiger partial charge on any atom is 0.121 e. The second-order valence-corrected chi connectivity index (χ2v) is 3.41. The van der Waals surface area contributed by atoms with Crippen LogP contribution < -0.4 is 5.73 Å². The fourth-order valence-corrected chi connectivity index (χ4v) is 1.68. The van der Waals surface area contributed by atoms with Gasteiger partial charge in [0.25, 0.3) is 0 Å². The number of hydrogen-bond acceptors (Lipinski definition) is 3. The molecule has 1 unspecified atom stereocenters. The molecule has 0 aliphatic carbocycles. The van der Waals surface area contributed by atoms with E-state index in [1.165, 1.54) is 0 Å². The lowest BCUT2D eigenvalue weighted by molar-refractivity contribution is 0.205. The topological polar surface area (TPSA) is 42.4 Å². The van der Waals surface area contributed by atoms with Gasteiger partial charge in [0.2, 0.25) is 0 Å². The molecule has 0 fully saturated rings. The van der Waals surface area contributed by atoms with Gasteiger partial charge < -0.3 is 10.2 Å². The van der Waals surface area contributed by atoms with Crippen LogP contribution in [-0.4, -0.2) is 18.0 Å². The van der Waals surface area contributed by atoms with Crippen LogP contribution in [0.3, 0.4) is 0 Å². The molecular formula is C11H20N2O. The quantitative estimate of drug-likeness (QED) is 0.784. The average Bonchev–Trinajstić information content (AvgIpc) is 2.67. The summed E-state index contributed by atoms with van der Waals surface area (Å²) in [6, 6.07) is 4.31. The number of hydrogen-bond donors (Lipinski definition) is 1. The maximum absolute atomic E-state index is 5.61. The Bertz CT molecular complexity index is 266. The molecule has 0 aliphatic heterocycles. The van der Waals surface area contributed by atoms with E-state index in [4.69, 9.17) is 10.2 Å². The molecule has 14 heavy (non-hydrogen) atoms. The molecule has 0 aromatic carbocycles. The Kier molecular flexibility index (Phi) is 4.17. The fourth-order valence-electron chi connectivity index (χ4n) is 1.68. The molecule has 1 aromatic rings. The third-order valence-corrected chi connectivity index (χ3v) is 2.66. The van der Waals surface area contributed by atoms with Gasteiger partial charge in [-0.15, -0.1) is 0 Å². The van der Waals surface area contributed by atoms with E-state index in [9.17, 15) is 0 Å². The van der Waals surface area contributed by atoms with Crippen molar-refractivity contribution in [3.05, 3.63) is 23.7 Å². The van der Waals surface area contributed by atoms with Crippen molar-refractivity contribution in [3.8, 4) is 0 Å². The van der Waals surface area contributed by atoms with Crippen LogP contribution in [0, 0.1) is 0 Å². The van der Waals surface area contributed by atoms with E-state index in [-0.39, 0.29) is 0 Å². The van der Waals surface area contributed by atoms with Crippen LogP contribution in [0.1, 0.15) is 38.3 Å². The van der Waals surface area contributed by atoms with Gasteiger partial charge in [-0.05, 0) is 32.1 Å². The smallest absolute Gasteiger partial charge is 0.121 e. The summed E-state index contributed by atoms with van der Waals surface area (Å²) >= 11 is 0. The summed E-state index contributed by atoms with van der Waals surface area (Å²) in [6.07, 6.45) is 0. The van der Waals surface area contributed by atoms with Crippen molar-refractivity contribution >= 4 is 0 Å². The zero-order valence-electron chi connectivity index (χ0n) is 9.29. The van der Waals surface area contributed by atoms with Crippen molar-refractivity contribution in [2.45, 2.75) is 33.4 Å². The fraction of sp³-hybridized carbons (Fsp3) is 0.636. The van der Waals surface area contributed by atoms with Crippen LogP contribution in [-0.2, 0) is 6.54 Å². The Labute approximate surface area is 85.9 Å². The summed E-state index contributed by atoms with van der Waals surface area (Å²) in [6.45, 7) is 9.03. The zero-order chi connectivity index (χ0) is 10.6. The first kappa shape index (κ1) is 11.3. The van der Waals surface area contributed by atoms with Crippen LogP contribution in [0.5, 0.6) is 0 Å². The van der Waals surface area contributed by atoms with Crippen molar-refractivity contribution in [1.29, 1.82) is 0 Å². The molecule has 1 rings (SSSR count). The highest BCUT2D eigenvalue weighted by atomic mass is 16.3. The standard InChI is InChI=1S/C11H20N2O/c1-4-13(5-2)9(3)11-7-6-10(8-12)14-11/h6-7,9H,4-5,8,12H2,1-3H3. The maximum atomic E-state index is 5.61. The summed E-state index contributed by atoms with van der Waals surface area (Å²) in [5, 5.41) is 0. The summed E-state index contributed by atoms with van der Waals surface area (Å²) in [5.41, 5.74) is 5.50. The molecule has 3 nitrogen and oxygen atoms in total. The second kappa shape index (κ2) is 5.17. The van der Waals surface area contributed by atoms with Gasteiger partial charge in [0.15, 0.2) is 0 Å². The molecule has 0 aliphatic rings. The predicted molar refractivity (Wildman–Crippen MR) is 57.9 cm³/mol. The summed E-state index contributed by atoms with van der Waals surface area (Å²) in [4.78, 5) is 2.35. The predicted octanol–water partition coefficient (Wildman–Crippen LogP) is 2.14. The molecule has 0 radical (unpaired) electrons. The minimum Gasteiger partial charge on any atom is -0.463 e. The second-order valence-electron chi connectivity index (χ2n) is 3.41. The SMILES string of the molecule is CCN(CC)C(C)c1ccc(CN)o1. The number of rotatable bonds is 5. The Morgan fingerprint density at radius 3 is 2.43 bits per heavy atom. The number of nitrogens with two attached hydrogens (primary N) is 1. The molecule has 0 bridgehead atoms. The third-order valence-electron chi connectivity index (χ3n) is 2.66. The van der Waals surface area contributed by atoms with Crippen molar-refractivity contribution in [1.82, 2.24) is 4.90 Å². The van der Waals surface area contributed by atoms with Gasteiger partial charge in [-0.25, -0.2) is 0 Å². The van der Waals surface area contributed by atoms with Crippen LogP contribution >= 0.6 is 0 Å². The molecule has 1 aromatic heterocycles. The monoisotopic (exact) mass is 196 g/mol. The van der Waals surface area contributed by atoms with E-state index < -0.39 is 0 Å². The Morgan fingerprint density at radius 1 is 1.36 bits per heavy atom. The first-order chi connectivity index (χ1) is 6.72. The van der Waals surface area contributed by atoms with Crippen LogP contribution in [0.4, 0.5) is 0 Å². The van der Waals surface area contributed by atoms with Crippen LogP contribution in [0.25, 0.3) is 0 Å². The molecule has 0 amide bonds. The van der Waals surface area contributed by atoms with Gasteiger partial charge in [0, 0.05) is 0 Å². The van der Waals surface area contributed by atoms with Gasteiger partial charge in [-0.1, -0.05) is 13.8 Å². The minimum absolute atomic E-state index is 0.338. The molecule has 2 N–H and O–H groups in total. The zero-order valence-corrected chi connectivity index (χ0v) is 9.29. The largest absolute Gasteiger partial charge is 0.463 e. The Morgan fingerprint density at radius 2 is 2.00 bits per heavy atom. The first-order valence-corrected chi connectivity index (χ1v) is 5.25. The van der Waals surface area contributed by atoms with E-state index >= 15 is 0 Å². The lowest BCUT2D eigenvalue weighted by Crippen LogP contribution is -2.26. The molecule has 1 heterocycles. The summed E-state index contributed by atoms with van der Waals surface area (Å²) < 4.78 is 5.61. The molecule has 0 saturated heterocycles. The van der Waals surface area contributed by atoms with E-state index in [2.05, 4.69) is 25.7 Å². The summed E-state index contributed by atoms with van der Waals surface area (Å²) in [7, 11) is 0. The van der Waals surface area contributed by atoms with Crippen molar-refractivity contribution in [2.75, 3.05) is 13.1 Å². The molecule has 0 spiro atoms. The van der Waals surface area contributed by atoms with Crippen LogP contribution in [0.15, 0.2) is 16.5 Å². The van der Waals surface area contributed by atoms with Crippen molar-refractivity contribution in [3.63, 3.8) is 0 Å². The van der Waals surface area contributed by atoms with E-state index in [1.807, 2.05) is 12.1 Å². The highest BCUT2D eigenvalue weighted by Crippen LogP contribution is 2.21.